The fourth-order valence-electron chi connectivity index (χ4n) is 3.88. The summed E-state index contributed by atoms with van der Waals surface area (Å²) in [5.74, 6) is 0.114. The van der Waals surface area contributed by atoms with Crippen molar-refractivity contribution in [3.63, 3.8) is 0 Å². The molecule has 1 atom stereocenters. The van der Waals surface area contributed by atoms with Crippen LogP contribution in [0.4, 0.5) is 0 Å². The van der Waals surface area contributed by atoms with Crippen LogP contribution in [0.2, 0.25) is 0 Å². The second-order valence-corrected chi connectivity index (χ2v) is 9.77. The normalized spacial score (nSPS) is 16.1. The van der Waals surface area contributed by atoms with Gasteiger partial charge in [0.05, 0.1) is 23.9 Å². The Morgan fingerprint density at radius 2 is 2.00 bits per heavy atom. The maximum Gasteiger partial charge on any atom is 0.272 e. The van der Waals surface area contributed by atoms with Crippen LogP contribution in [0.1, 0.15) is 18.4 Å². The van der Waals surface area contributed by atoms with Crippen LogP contribution in [0, 0.1) is 0 Å². The monoisotopic (exact) mass is 465 g/mol. The molecule has 1 aliphatic rings. The molecule has 2 aromatic heterocycles. The number of nitrogens with one attached hydrogen (secondary N) is 1. The quantitative estimate of drug-likeness (QED) is 0.329. The van der Waals surface area contributed by atoms with Gasteiger partial charge >= 0.3 is 0 Å². The third kappa shape index (κ3) is 4.44. The SMILES string of the molecule is O=C(CSc1nc2c(sc3ccccc32)c(=O)n1Cc1ccccc1)NC[C@@H]1CCCO1. The van der Waals surface area contributed by atoms with E-state index in [1.165, 1.54) is 23.1 Å². The zero-order valence-corrected chi connectivity index (χ0v) is 19.1. The highest BCUT2D eigenvalue weighted by Gasteiger charge is 2.19. The molecule has 0 unspecified atom stereocenters. The van der Waals surface area contributed by atoms with Crippen molar-refractivity contribution in [2.45, 2.75) is 30.6 Å². The van der Waals surface area contributed by atoms with Gasteiger partial charge in [-0.05, 0) is 24.5 Å². The maximum absolute atomic E-state index is 13.5. The first-order valence-corrected chi connectivity index (χ1v) is 12.5. The van der Waals surface area contributed by atoms with Crippen molar-refractivity contribution < 1.29 is 9.53 Å². The third-order valence-electron chi connectivity index (χ3n) is 5.51. The van der Waals surface area contributed by atoms with Crippen molar-refractivity contribution in [2.24, 2.45) is 0 Å². The molecule has 1 saturated heterocycles. The summed E-state index contributed by atoms with van der Waals surface area (Å²) in [5.41, 5.74) is 1.66. The molecular weight excluding hydrogens is 442 g/mol. The molecule has 5 rings (SSSR count). The standard InChI is InChI=1S/C24H23N3O3S2/c28-20(25-13-17-9-6-12-30-17)15-31-24-26-21-18-10-4-5-11-19(18)32-22(21)23(29)27(24)14-16-7-2-1-3-8-16/h1-5,7-8,10-11,17H,6,9,12-15H2,(H,25,28)/t17-/m0/s1. The Morgan fingerprint density at radius 3 is 2.81 bits per heavy atom. The van der Waals surface area contributed by atoms with Gasteiger partial charge < -0.3 is 10.1 Å². The van der Waals surface area contributed by atoms with Crippen LogP contribution < -0.4 is 10.9 Å². The van der Waals surface area contributed by atoms with E-state index in [9.17, 15) is 9.59 Å². The number of hydrogen-bond acceptors (Lipinski definition) is 6. The summed E-state index contributed by atoms with van der Waals surface area (Å²) in [6, 6.07) is 17.8. The Hall–Kier alpha value is -2.68. The molecule has 0 spiro atoms. The topological polar surface area (TPSA) is 73.2 Å². The van der Waals surface area contributed by atoms with Gasteiger partial charge in [-0.2, -0.15) is 0 Å². The summed E-state index contributed by atoms with van der Waals surface area (Å²) in [5, 5.41) is 4.47. The lowest BCUT2D eigenvalue weighted by atomic mass is 10.2. The number of amides is 1. The van der Waals surface area contributed by atoms with Crippen molar-refractivity contribution in [3.05, 3.63) is 70.5 Å². The number of hydrogen-bond donors (Lipinski definition) is 1. The minimum Gasteiger partial charge on any atom is -0.376 e. The number of carbonyl (C=O) groups is 1. The number of carbonyl (C=O) groups excluding carboxylic acids is 1. The van der Waals surface area contributed by atoms with E-state index in [0.717, 1.165) is 35.1 Å². The molecular formula is C24H23N3O3S2. The van der Waals surface area contributed by atoms with Crippen LogP contribution in [0.15, 0.2) is 64.5 Å². The van der Waals surface area contributed by atoms with Crippen molar-refractivity contribution in [1.82, 2.24) is 14.9 Å². The van der Waals surface area contributed by atoms with E-state index in [1.54, 1.807) is 4.57 Å². The fourth-order valence-corrected chi connectivity index (χ4v) is 5.80. The third-order valence-corrected chi connectivity index (χ3v) is 7.64. The van der Waals surface area contributed by atoms with Gasteiger partial charge in [0, 0.05) is 23.2 Å². The number of aromatic nitrogens is 2. The number of thioether (sulfide) groups is 1. The molecule has 0 bridgehead atoms. The summed E-state index contributed by atoms with van der Waals surface area (Å²) >= 11 is 2.77. The van der Waals surface area contributed by atoms with Gasteiger partial charge in [0.15, 0.2) is 5.16 Å². The van der Waals surface area contributed by atoms with Crippen LogP contribution in [0.25, 0.3) is 20.3 Å². The van der Waals surface area contributed by atoms with E-state index in [1.807, 2.05) is 54.6 Å². The van der Waals surface area contributed by atoms with Crippen molar-refractivity contribution >= 4 is 49.3 Å². The molecule has 1 fully saturated rings. The van der Waals surface area contributed by atoms with Crippen molar-refractivity contribution in [3.8, 4) is 0 Å². The second-order valence-electron chi connectivity index (χ2n) is 7.78. The summed E-state index contributed by atoms with van der Waals surface area (Å²) in [6.45, 7) is 1.70. The largest absolute Gasteiger partial charge is 0.376 e. The lowest BCUT2D eigenvalue weighted by molar-refractivity contribution is -0.119. The van der Waals surface area contributed by atoms with E-state index in [0.29, 0.717) is 28.5 Å². The van der Waals surface area contributed by atoms with Crippen LogP contribution >= 0.6 is 23.1 Å². The van der Waals surface area contributed by atoms with E-state index in [-0.39, 0.29) is 23.3 Å². The highest BCUT2D eigenvalue weighted by molar-refractivity contribution is 7.99. The molecule has 0 radical (unpaired) electrons. The fraction of sp³-hybridized carbons (Fsp3) is 0.292. The Balaban J connectivity index is 1.45. The first-order valence-electron chi connectivity index (χ1n) is 10.7. The van der Waals surface area contributed by atoms with Crippen LogP contribution in [0.3, 0.4) is 0 Å². The maximum atomic E-state index is 13.5. The number of nitrogens with zero attached hydrogens (tertiary/aromatic N) is 2. The number of thiophene rings is 1. The smallest absolute Gasteiger partial charge is 0.272 e. The number of ether oxygens (including phenoxy) is 1. The molecule has 3 heterocycles. The average Bonchev–Trinajstić information content (AvgIpc) is 3.47. The van der Waals surface area contributed by atoms with Gasteiger partial charge in [-0.3, -0.25) is 14.2 Å². The molecule has 32 heavy (non-hydrogen) atoms. The highest BCUT2D eigenvalue weighted by atomic mass is 32.2. The lowest BCUT2D eigenvalue weighted by Gasteiger charge is -2.13. The number of fused-ring (bicyclic) bond motifs is 3. The molecule has 8 heteroatoms. The zero-order valence-electron chi connectivity index (χ0n) is 17.5. The van der Waals surface area contributed by atoms with Crippen LogP contribution in [-0.4, -0.2) is 40.5 Å². The van der Waals surface area contributed by atoms with Crippen molar-refractivity contribution in [2.75, 3.05) is 18.9 Å². The molecule has 1 N–H and O–H groups in total. The van der Waals surface area contributed by atoms with E-state index in [4.69, 9.17) is 9.72 Å². The first kappa shape index (κ1) is 21.2. The second kappa shape index (κ2) is 9.44. The van der Waals surface area contributed by atoms with Gasteiger partial charge in [0.25, 0.3) is 5.56 Å². The number of benzene rings is 2. The number of rotatable bonds is 7. The molecule has 2 aromatic carbocycles. The molecule has 164 valence electrons. The first-order chi connectivity index (χ1) is 15.7. The molecule has 1 amide bonds. The molecule has 4 aromatic rings. The summed E-state index contributed by atoms with van der Waals surface area (Å²) in [4.78, 5) is 30.8. The highest BCUT2D eigenvalue weighted by Crippen LogP contribution is 2.32. The van der Waals surface area contributed by atoms with Crippen molar-refractivity contribution in [1.29, 1.82) is 0 Å². The zero-order chi connectivity index (χ0) is 21.9. The predicted molar refractivity (Wildman–Crippen MR) is 130 cm³/mol. The summed E-state index contributed by atoms with van der Waals surface area (Å²) in [7, 11) is 0. The van der Waals surface area contributed by atoms with Crippen LogP contribution in [-0.2, 0) is 16.1 Å². The van der Waals surface area contributed by atoms with Gasteiger partial charge in [0.2, 0.25) is 5.91 Å². The van der Waals surface area contributed by atoms with Gasteiger partial charge in [-0.15, -0.1) is 11.3 Å². The molecule has 0 saturated carbocycles. The Labute approximate surface area is 193 Å². The predicted octanol–water partition coefficient (Wildman–Crippen LogP) is 4.05. The minimum absolute atomic E-state index is 0.0673. The lowest BCUT2D eigenvalue weighted by Crippen LogP contribution is -2.33. The molecule has 0 aliphatic carbocycles. The molecule has 1 aliphatic heterocycles. The Bertz CT molecular complexity index is 1310. The summed E-state index contributed by atoms with van der Waals surface area (Å²) < 4.78 is 8.94. The molecule has 6 nitrogen and oxygen atoms in total. The van der Waals surface area contributed by atoms with Gasteiger partial charge in [-0.1, -0.05) is 60.3 Å². The summed E-state index contributed by atoms with van der Waals surface area (Å²) in [6.07, 6.45) is 2.12. The van der Waals surface area contributed by atoms with E-state index in [2.05, 4.69) is 5.32 Å². The minimum atomic E-state index is -0.0821. The van der Waals surface area contributed by atoms with Crippen LogP contribution in [0.5, 0.6) is 0 Å². The average molecular weight is 466 g/mol. The Kier molecular flexibility index (Phi) is 6.25. The Morgan fingerprint density at radius 1 is 1.19 bits per heavy atom. The van der Waals surface area contributed by atoms with E-state index < -0.39 is 0 Å². The van der Waals surface area contributed by atoms with Gasteiger partial charge in [-0.25, -0.2) is 4.98 Å². The van der Waals surface area contributed by atoms with E-state index >= 15 is 0 Å². The van der Waals surface area contributed by atoms with Gasteiger partial charge in [0.1, 0.15) is 4.70 Å².